The molecule has 2 N–H and O–H groups in total. The number of halogens is 1. The largest absolute Gasteiger partial charge is 0.497 e. The second-order valence-electron chi connectivity index (χ2n) is 4.12. The molecule has 6 heteroatoms. The number of ether oxygens (including phenoxy) is 1. The lowest BCUT2D eigenvalue weighted by atomic mass is 10.2. The van der Waals surface area contributed by atoms with E-state index in [2.05, 4.69) is 27.5 Å². The number of methoxy groups -OCH3 is 1. The van der Waals surface area contributed by atoms with Crippen molar-refractivity contribution in [1.29, 1.82) is 0 Å². The normalized spacial score (nSPS) is 10.2. The highest BCUT2D eigenvalue weighted by atomic mass is 35.5. The minimum absolute atomic E-state index is 0.609. The fourth-order valence-electron chi connectivity index (χ4n) is 1.93. The van der Waals surface area contributed by atoms with E-state index < -0.39 is 0 Å². The van der Waals surface area contributed by atoms with Gasteiger partial charge in [-0.15, -0.1) is 0 Å². The van der Waals surface area contributed by atoms with Crippen LogP contribution in [0.2, 0.25) is 5.02 Å². The van der Waals surface area contributed by atoms with Crippen LogP contribution in [0.4, 0.5) is 17.3 Å². The number of benzene rings is 1. The monoisotopic (exact) mass is 292 g/mol. The maximum atomic E-state index is 6.20. The lowest BCUT2D eigenvalue weighted by Gasteiger charge is -2.14. The first-order valence-corrected chi connectivity index (χ1v) is 6.69. The highest BCUT2D eigenvalue weighted by Gasteiger charge is 2.11. The van der Waals surface area contributed by atoms with Gasteiger partial charge in [0.1, 0.15) is 23.7 Å². The van der Waals surface area contributed by atoms with Gasteiger partial charge in [0.25, 0.3) is 0 Å². The van der Waals surface area contributed by atoms with E-state index in [0.29, 0.717) is 5.02 Å². The van der Waals surface area contributed by atoms with Gasteiger partial charge < -0.3 is 15.4 Å². The molecule has 0 saturated carbocycles. The van der Waals surface area contributed by atoms with Crippen LogP contribution in [0.1, 0.15) is 12.5 Å². The summed E-state index contributed by atoms with van der Waals surface area (Å²) in [7, 11) is 3.46. The molecule has 2 aromatic rings. The van der Waals surface area contributed by atoms with E-state index in [-0.39, 0.29) is 0 Å². The number of hydrogen-bond donors (Lipinski definition) is 2. The van der Waals surface area contributed by atoms with Gasteiger partial charge >= 0.3 is 0 Å². The molecular weight excluding hydrogens is 276 g/mol. The third-order valence-electron chi connectivity index (χ3n) is 2.96. The molecule has 0 atom stereocenters. The highest BCUT2D eigenvalue weighted by Crippen LogP contribution is 2.31. The van der Waals surface area contributed by atoms with Gasteiger partial charge in [-0.2, -0.15) is 0 Å². The molecule has 20 heavy (non-hydrogen) atoms. The number of nitrogens with zero attached hydrogens (tertiary/aromatic N) is 2. The second kappa shape index (κ2) is 6.43. The molecule has 1 aromatic carbocycles. The summed E-state index contributed by atoms with van der Waals surface area (Å²) in [5.41, 5.74) is 1.76. The third-order valence-corrected chi connectivity index (χ3v) is 3.29. The van der Waals surface area contributed by atoms with Crippen LogP contribution in [0, 0.1) is 0 Å². The van der Waals surface area contributed by atoms with Crippen molar-refractivity contribution < 1.29 is 4.74 Å². The zero-order valence-electron chi connectivity index (χ0n) is 11.7. The van der Waals surface area contributed by atoms with Crippen LogP contribution in [0.15, 0.2) is 24.5 Å². The molecule has 2 rings (SSSR count). The molecule has 5 nitrogen and oxygen atoms in total. The SMILES string of the molecule is CCc1c(NC)ncnc1Nc1cc(OC)ccc1Cl. The minimum atomic E-state index is 0.609. The Kier molecular flexibility index (Phi) is 4.63. The maximum Gasteiger partial charge on any atom is 0.139 e. The molecule has 0 aliphatic carbocycles. The molecule has 0 fully saturated rings. The van der Waals surface area contributed by atoms with Gasteiger partial charge in [0.15, 0.2) is 0 Å². The molecule has 0 amide bonds. The fraction of sp³-hybridized carbons (Fsp3) is 0.286. The Labute approximate surface area is 123 Å². The molecule has 0 aliphatic rings. The molecular formula is C14H17ClN4O. The first kappa shape index (κ1) is 14.4. The summed E-state index contributed by atoms with van der Waals surface area (Å²) in [6.07, 6.45) is 2.32. The maximum absolute atomic E-state index is 6.20. The van der Waals surface area contributed by atoms with E-state index in [1.165, 1.54) is 6.33 Å². The molecule has 0 radical (unpaired) electrons. The van der Waals surface area contributed by atoms with Crippen LogP contribution in [-0.4, -0.2) is 24.1 Å². The molecule has 1 heterocycles. The average molecular weight is 293 g/mol. The number of nitrogens with one attached hydrogen (secondary N) is 2. The van der Waals surface area contributed by atoms with Crippen molar-refractivity contribution in [3.8, 4) is 5.75 Å². The van der Waals surface area contributed by atoms with Crippen molar-refractivity contribution in [2.45, 2.75) is 13.3 Å². The topological polar surface area (TPSA) is 59.1 Å². The zero-order chi connectivity index (χ0) is 14.5. The molecule has 106 valence electrons. The van der Waals surface area contributed by atoms with Crippen molar-refractivity contribution in [3.05, 3.63) is 35.1 Å². The van der Waals surface area contributed by atoms with Gasteiger partial charge in [0.2, 0.25) is 0 Å². The highest BCUT2D eigenvalue weighted by molar-refractivity contribution is 6.33. The lowest BCUT2D eigenvalue weighted by Crippen LogP contribution is -2.05. The molecule has 0 spiro atoms. The van der Waals surface area contributed by atoms with E-state index in [1.807, 2.05) is 19.2 Å². The summed E-state index contributed by atoms with van der Waals surface area (Å²) in [5, 5.41) is 6.91. The summed E-state index contributed by atoms with van der Waals surface area (Å²) >= 11 is 6.20. The Morgan fingerprint density at radius 3 is 2.65 bits per heavy atom. The van der Waals surface area contributed by atoms with E-state index >= 15 is 0 Å². The summed E-state index contributed by atoms with van der Waals surface area (Å²) in [4.78, 5) is 8.49. The van der Waals surface area contributed by atoms with Crippen LogP contribution in [0.5, 0.6) is 5.75 Å². The summed E-state index contributed by atoms with van der Waals surface area (Å²) in [5.74, 6) is 2.28. The Hall–Kier alpha value is -2.01. The molecule has 0 unspecified atom stereocenters. The van der Waals surface area contributed by atoms with Crippen molar-refractivity contribution in [3.63, 3.8) is 0 Å². The number of rotatable bonds is 5. The minimum Gasteiger partial charge on any atom is -0.497 e. The Morgan fingerprint density at radius 1 is 1.25 bits per heavy atom. The number of anilines is 3. The van der Waals surface area contributed by atoms with Crippen molar-refractivity contribution in [2.75, 3.05) is 24.8 Å². The van der Waals surface area contributed by atoms with Crippen molar-refractivity contribution in [2.24, 2.45) is 0 Å². The molecule has 0 bridgehead atoms. The van der Waals surface area contributed by atoms with Crippen LogP contribution >= 0.6 is 11.6 Å². The van der Waals surface area contributed by atoms with Crippen LogP contribution in [0.25, 0.3) is 0 Å². The van der Waals surface area contributed by atoms with E-state index in [1.54, 1.807) is 13.2 Å². The summed E-state index contributed by atoms with van der Waals surface area (Å²) in [6, 6.07) is 5.44. The van der Waals surface area contributed by atoms with Crippen LogP contribution in [0.3, 0.4) is 0 Å². The summed E-state index contributed by atoms with van der Waals surface area (Å²) < 4.78 is 5.21. The Bertz CT molecular complexity index is 604. The average Bonchev–Trinajstić information content (AvgIpc) is 2.49. The number of hydrogen-bond acceptors (Lipinski definition) is 5. The number of aromatic nitrogens is 2. The molecule has 1 aromatic heterocycles. The van der Waals surface area contributed by atoms with Gasteiger partial charge in [-0.25, -0.2) is 9.97 Å². The first-order valence-electron chi connectivity index (χ1n) is 6.31. The van der Waals surface area contributed by atoms with E-state index in [4.69, 9.17) is 16.3 Å². The zero-order valence-corrected chi connectivity index (χ0v) is 12.5. The molecule has 0 aliphatic heterocycles. The third kappa shape index (κ3) is 2.93. The van der Waals surface area contributed by atoms with Gasteiger partial charge in [0.05, 0.1) is 17.8 Å². The lowest BCUT2D eigenvalue weighted by molar-refractivity contribution is 0.415. The van der Waals surface area contributed by atoms with Gasteiger partial charge in [-0.05, 0) is 18.6 Å². The standard InChI is InChI=1S/C14H17ClN4O/c1-4-10-13(16-2)17-8-18-14(10)19-12-7-9(20-3)5-6-11(12)15/h5-8H,4H2,1-3H3,(H2,16,17,18,19). The quantitative estimate of drug-likeness (QED) is 0.883. The van der Waals surface area contributed by atoms with Gasteiger partial charge in [-0.1, -0.05) is 18.5 Å². The van der Waals surface area contributed by atoms with E-state index in [0.717, 1.165) is 35.1 Å². The van der Waals surface area contributed by atoms with Crippen molar-refractivity contribution >= 4 is 28.9 Å². The van der Waals surface area contributed by atoms with E-state index in [9.17, 15) is 0 Å². The predicted octanol–water partition coefficient (Wildman–Crippen LogP) is 3.49. The first-order chi connectivity index (χ1) is 9.69. The van der Waals surface area contributed by atoms with Gasteiger partial charge in [-0.3, -0.25) is 0 Å². The van der Waals surface area contributed by atoms with Crippen LogP contribution in [-0.2, 0) is 6.42 Å². The van der Waals surface area contributed by atoms with Gasteiger partial charge in [0, 0.05) is 18.7 Å². The predicted molar refractivity (Wildman–Crippen MR) is 82.2 cm³/mol. The molecule has 0 saturated heterocycles. The summed E-state index contributed by atoms with van der Waals surface area (Å²) in [6.45, 7) is 2.05. The Morgan fingerprint density at radius 2 is 2.00 bits per heavy atom. The smallest absolute Gasteiger partial charge is 0.139 e. The second-order valence-corrected chi connectivity index (χ2v) is 4.53. The van der Waals surface area contributed by atoms with Crippen molar-refractivity contribution in [1.82, 2.24) is 9.97 Å². The Balaban J connectivity index is 2.39. The fourth-order valence-corrected chi connectivity index (χ4v) is 2.09. The van der Waals surface area contributed by atoms with Crippen LogP contribution < -0.4 is 15.4 Å².